The van der Waals surface area contributed by atoms with Gasteiger partial charge in [0, 0.05) is 21.2 Å². The first-order chi connectivity index (χ1) is 13.3. The molecule has 4 aromatic rings. The highest BCUT2D eigenvalue weighted by Crippen LogP contribution is 2.45. The molecule has 142 valence electrons. The third kappa shape index (κ3) is 3.37. The molecule has 0 radical (unpaired) electrons. The van der Waals surface area contributed by atoms with E-state index in [4.69, 9.17) is 27.9 Å². The molecule has 0 spiro atoms. The van der Waals surface area contributed by atoms with Gasteiger partial charge in [-0.3, -0.25) is 0 Å². The second-order valence-electron chi connectivity index (χ2n) is 6.25. The minimum atomic E-state index is -3.69. The summed E-state index contributed by atoms with van der Waals surface area (Å²) in [5.74, 6) is 0.565. The predicted octanol–water partition coefficient (Wildman–Crippen LogP) is 7.06. The molecule has 4 rings (SSSR count). The van der Waals surface area contributed by atoms with Gasteiger partial charge in [0.2, 0.25) is 8.27 Å². The summed E-state index contributed by atoms with van der Waals surface area (Å²) in [6, 6.07) is 17.9. The molecule has 0 fully saturated rings. The first-order valence-corrected chi connectivity index (χ1v) is 12.3. The van der Waals surface area contributed by atoms with Crippen LogP contribution in [0.25, 0.3) is 32.7 Å². The van der Waals surface area contributed by atoms with Crippen molar-refractivity contribution in [2.75, 3.05) is 7.11 Å². The van der Waals surface area contributed by atoms with Crippen LogP contribution in [-0.4, -0.2) is 15.5 Å². The van der Waals surface area contributed by atoms with Crippen LogP contribution in [0.5, 0.6) is 5.75 Å². The molecule has 4 aromatic carbocycles. The average molecular weight is 496 g/mol. The van der Waals surface area contributed by atoms with Crippen molar-refractivity contribution in [3.63, 3.8) is 0 Å². The molecule has 0 saturated heterocycles. The van der Waals surface area contributed by atoms with E-state index in [1.54, 1.807) is 37.4 Å². The Balaban J connectivity index is 2.26. The SMILES string of the molecule is COc1ccc2cc(Cl)ccc2c1-c1c(S(=O)(=O)Br)ccc2cc(Cl)ccc12. The van der Waals surface area contributed by atoms with Crippen LogP contribution in [0.3, 0.4) is 0 Å². The first-order valence-electron chi connectivity index (χ1n) is 8.23. The minimum absolute atomic E-state index is 0.156. The molecule has 0 bridgehead atoms. The van der Waals surface area contributed by atoms with Gasteiger partial charge in [-0.15, -0.1) is 0 Å². The summed E-state index contributed by atoms with van der Waals surface area (Å²) in [6.45, 7) is 0. The van der Waals surface area contributed by atoms with Gasteiger partial charge in [0.05, 0.1) is 26.8 Å². The third-order valence-electron chi connectivity index (χ3n) is 4.62. The van der Waals surface area contributed by atoms with Crippen LogP contribution in [0, 0.1) is 0 Å². The Labute approximate surface area is 180 Å². The van der Waals surface area contributed by atoms with E-state index >= 15 is 0 Å². The first kappa shape index (κ1) is 19.5. The van der Waals surface area contributed by atoms with E-state index in [1.807, 2.05) is 30.3 Å². The Morgan fingerprint density at radius 1 is 0.786 bits per heavy atom. The molecular formula is C21H13BrCl2O3S. The Hall–Kier alpha value is -1.79. The highest BCUT2D eigenvalue weighted by molar-refractivity contribution is 9.47. The number of fused-ring (bicyclic) bond motifs is 2. The smallest absolute Gasteiger partial charge is 0.238 e. The summed E-state index contributed by atoms with van der Waals surface area (Å²) < 4.78 is 30.7. The Bertz CT molecular complexity index is 1350. The largest absolute Gasteiger partial charge is 0.496 e. The van der Waals surface area contributed by atoms with E-state index in [9.17, 15) is 8.42 Å². The van der Waals surface area contributed by atoms with Crippen LogP contribution in [-0.2, 0) is 8.27 Å². The lowest BCUT2D eigenvalue weighted by Gasteiger charge is -2.17. The van der Waals surface area contributed by atoms with Crippen molar-refractivity contribution in [3.05, 3.63) is 70.7 Å². The van der Waals surface area contributed by atoms with Gasteiger partial charge in [-0.25, -0.2) is 8.42 Å². The maximum atomic E-state index is 12.6. The minimum Gasteiger partial charge on any atom is -0.496 e. The molecule has 0 N–H and O–H groups in total. The number of rotatable bonds is 3. The summed E-state index contributed by atoms with van der Waals surface area (Å²) >= 11 is 15.2. The Morgan fingerprint density at radius 2 is 1.32 bits per heavy atom. The molecule has 0 aliphatic carbocycles. The number of hydrogen-bond acceptors (Lipinski definition) is 3. The van der Waals surface area contributed by atoms with E-state index in [0.717, 1.165) is 21.5 Å². The molecule has 0 saturated carbocycles. The van der Waals surface area contributed by atoms with Gasteiger partial charge in [0.1, 0.15) is 5.75 Å². The van der Waals surface area contributed by atoms with Gasteiger partial charge < -0.3 is 4.74 Å². The zero-order valence-corrected chi connectivity index (χ0v) is 18.5. The second-order valence-corrected chi connectivity index (χ2v) is 11.0. The fraction of sp³-hybridized carbons (Fsp3) is 0.0476. The van der Waals surface area contributed by atoms with Gasteiger partial charge in [0.15, 0.2) is 0 Å². The highest BCUT2D eigenvalue weighted by Gasteiger charge is 2.23. The van der Waals surface area contributed by atoms with Gasteiger partial charge in [-0.05, 0) is 57.9 Å². The Morgan fingerprint density at radius 3 is 1.86 bits per heavy atom. The molecule has 0 atom stereocenters. The van der Waals surface area contributed by atoms with E-state index in [-0.39, 0.29) is 4.90 Å². The van der Waals surface area contributed by atoms with Crippen LogP contribution in [0.4, 0.5) is 0 Å². The second kappa shape index (κ2) is 7.23. The summed E-state index contributed by atoms with van der Waals surface area (Å²) in [6.07, 6.45) is 0. The zero-order valence-electron chi connectivity index (χ0n) is 14.5. The van der Waals surface area contributed by atoms with Crippen LogP contribution in [0.15, 0.2) is 65.6 Å². The molecule has 0 heterocycles. The Kier molecular flexibility index (Phi) is 5.04. The maximum Gasteiger partial charge on any atom is 0.238 e. The van der Waals surface area contributed by atoms with Gasteiger partial charge in [-0.1, -0.05) is 47.5 Å². The number of methoxy groups -OCH3 is 1. The van der Waals surface area contributed by atoms with Crippen LogP contribution in [0.1, 0.15) is 0 Å². The fourth-order valence-electron chi connectivity index (χ4n) is 3.45. The summed E-state index contributed by atoms with van der Waals surface area (Å²) in [5.41, 5.74) is 1.23. The van der Waals surface area contributed by atoms with Crippen molar-refractivity contribution in [2.45, 2.75) is 4.90 Å². The van der Waals surface area contributed by atoms with Crippen molar-refractivity contribution in [1.82, 2.24) is 0 Å². The lowest BCUT2D eigenvalue weighted by Crippen LogP contribution is -1.98. The van der Waals surface area contributed by atoms with Crippen molar-refractivity contribution < 1.29 is 13.2 Å². The molecular weight excluding hydrogens is 483 g/mol. The summed E-state index contributed by atoms with van der Waals surface area (Å²) in [7, 11) is -2.13. The number of hydrogen-bond donors (Lipinski definition) is 0. The molecule has 0 aliphatic heterocycles. The van der Waals surface area contributed by atoms with E-state index in [1.165, 1.54) is 0 Å². The molecule has 28 heavy (non-hydrogen) atoms. The van der Waals surface area contributed by atoms with Crippen molar-refractivity contribution in [2.24, 2.45) is 0 Å². The van der Waals surface area contributed by atoms with Gasteiger partial charge >= 0.3 is 0 Å². The van der Waals surface area contributed by atoms with Crippen molar-refractivity contribution >= 4 is 67.8 Å². The maximum absolute atomic E-state index is 12.6. The van der Waals surface area contributed by atoms with E-state index < -0.39 is 8.27 Å². The number of ether oxygens (including phenoxy) is 1. The predicted molar refractivity (Wildman–Crippen MR) is 120 cm³/mol. The lowest BCUT2D eigenvalue weighted by atomic mass is 9.93. The molecule has 0 aliphatic rings. The van der Waals surface area contributed by atoms with Crippen LogP contribution in [0.2, 0.25) is 10.0 Å². The fourth-order valence-corrected chi connectivity index (χ4v) is 5.31. The standard InChI is InChI=1S/C21H13BrCl2O3S/c1-27-18-8-2-12-10-14(23)4-6-16(12)20(18)21-17-7-5-15(24)11-13(17)3-9-19(21)28(22,25)26/h2-11H,1H3. The summed E-state index contributed by atoms with van der Waals surface area (Å²) in [5, 5.41) is 4.48. The van der Waals surface area contributed by atoms with Crippen LogP contribution < -0.4 is 4.74 Å². The monoisotopic (exact) mass is 494 g/mol. The normalized spacial score (nSPS) is 11.9. The van der Waals surface area contributed by atoms with E-state index in [0.29, 0.717) is 26.9 Å². The quantitative estimate of drug-likeness (QED) is 0.286. The molecule has 0 unspecified atom stereocenters. The molecule has 3 nitrogen and oxygen atoms in total. The molecule has 0 aromatic heterocycles. The summed E-state index contributed by atoms with van der Waals surface area (Å²) in [4.78, 5) is 0.156. The lowest BCUT2D eigenvalue weighted by molar-refractivity contribution is 0.417. The van der Waals surface area contributed by atoms with Gasteiger partial charge in [-0.2, -0.15) is 0 Å². The topological polar surface area (TPSA) is 43.4 Å². The number of halogens is 3. The third-order valence-corrected chi connectivity index (χ3v) is 7.00. The average Bonchev–Trinajstić information content (AvgIpc) is 2.65. The molecule has 0 amide bonds. The zero-order chi connectivity index (χ0) is 20.1. The van der Waals surface area contributed by atoms with Crippen molar-refractivity contribution in [1.29, 1.82) is 0 Å². The van der Waals surface area contributed by atoms with Gasteiger partial charge in [0.25, 0.3) is 0 Å². The molecule has 7 heteroatoms. The van der Waals surface area contributed by atoms with E-state index in [2.05, 4.69) is 14.8 Å². The van der Waals surface area contributed by atoms with Crippen LogP contribution >= 0.6 is 38.0 Å². The van der Waals surface area contributed by atoms with Crippen molar-refractivity contribution in [3.8, 4) is 16.9 Å². The number of benzene rings is 4. The highest BCUT2D eigenvalue weighted by atomic mass is 79.9.